The Kier molecular flexibility index (Phi) is 35.2. The van der Waals surface area contributed by atoms with E-state index in [1.165, 1.54) is 128 Å². The standard InChI is InChI=1S/2C6H6N.4C5H10.2Yb/c2*7-6-4-2-1-3-5-6;4*1-2-4-5-3-1;;/h2*1-5,7H;4*1-5H2;;/q2*-1;;;;;2*+3. The predicted molar refractivity (Wildman–Crippen MR) is 153 cm³/mol. The molecule has 2 N–H and O–H groups in total. The van der Waals surface area contributed by atoms with Crippen molar-refractivity contribution in [3.63, 3.8) is 0 Å². The summed E-state index contributed by atoms with van der Waals surface area (Å²) in [5, 5.41) is 0. The summed E-state index contributed by atoms with van der Waals surface area (Å²) in [5.74, 6) is 0. The fourth-order valence-electron chi connectivity index (χ4n) is 4.41. The monoisotopic (exact) mass is 812 g/mol. The van der Waals surface area contributed by atoms with E-state index in [-0.39, 0.29) is 93.8 Å². The maximum absolute atomic E-state index is 7.00. The molecule has 4 aliphatic rings. The molecular weight excluding hydrogens is 758 g/mol. The molecule has 2 nitrogen and oxygen atoms in total. The van der Waals surface area contributed by atoms with E-state index in [2.05, 4.69) is 0 Å². The second-order valence-electron chi connectivity index (χ2n) is 9.80. The molecule has 2 radical (unpaired) electrons. The van der Waals surface area contributed by atoms with E-state index >= 15 is 0 Å². The van der Waals surface area contributed by atoms with E-state index in [0.717, 1.165) is 0 Å². The molecule has 2 aromatic rings. The quantitative estimate of drug-likeness (QED) is 0.254. The van der Waals surface area contributed by atoms with Crippen molar-refractivity contribution in [2.24, 2.45) is 0 Å². The van der Waals surface area contributed by atoms with Gasteiger partial charge >= 0.3 is 93.8 Å². The maximum atomic E-state index is 7.00. The summed E-state index contributed by atoms with van der Waals surface area (Å²) in [4.78, 5) is 0. The molecule has 0 spiro atoms. The molecule has 0 bridgehead atoms. The molecule has 214 valence electrons. The number of hydrogen-bond donors (Lipinski definition) is 0. The van der Waals surface area contributed by atoms with Crippen molar-refractivity contribution in [2.75, 3.05) is 0 Å². The fraction of sp³-hybridized carbons (Fsp3) is 0.625. The topological polar surface area (TPSA) is 47.6 Å². The molecule has 36 heavy (non-hydrogen) atoms. The van der Waals surface area contributed by atoms with Crippen LogP contribution in [0.25, 0.3) is 11.5 Å². The van der Waals surface area contributed by atoms with E-state index in [0.29, 0.717) is 11.4 Å². The molecule has 4 fully saturated rings. The van der Waals surface area contributed by atoms with Crippen LogP contribution in [0.2, 0.25) is 0 Å². The normalized spacial score (nSPS) is 16.7. The Morgan fingerprint density at radius 3 is 0.500 bits per heavy atom. The summed E-state index contributed by atoms with van der Waals surface area (Å²) in [6.07, 6.45) is 30.0. The molecule has 6 rings (SSSR count). The van der Waals surface area contributed by atoms with Crippen LogP contribution < -0.4 is 0 Å². The van der Waals surface area contributed by atoms with Gasteiger partial charge < -0.3 is 11.5 Å². The zero-order valence-corrected chi connectivity index (χ0v) is 25.9. The second-order valence-corrected chi connectivity index (χ2v) is 9.80. The second kappa shape index (κ2) is 32.3. The van der Waals surface area contributed by atoms with Crippen LogP contribution >= 0.6 is 0 Å². The molecule has 0 aromatic heterocycles. The van der Waals surface area contributed by atoms with E-state index in [1.54, 1.807) is 24.3 Å². The van der Waals surface area contributed by atoms with E-state index in [4.69, 9.17) is 11.5 Å². The average Bonchev–Trinajstić information content (AvgIpc) is 3.73. The van der Waals surface area contributed by atoms with Crippen molar-refractivity contribution in [3.8, 4) is 0 Å². The Bertz CT molecular complexity index is 513. The average molecular weight is 811 g/mol. The Morgan fingerprint density at radius 1 is 0.278 bits per heavy atom. The van der Waals surface area contributed by atoms with Crippen molar-refractivity contribution in [1.82, 2.24) is 0 Å². The molecular formula is C32H52N2Yb2+4. The molecule has 4 aliphatic carbocycles. The molecule has 4 saturated carbocycles. The van der Waals surface area contributed by atoms with Gasteiger partial charge in [0.2, 0.25) is 0 Å². The minimum Gasteiger partial charge on any atom is -0.699 e. The zero-order chi connectivity index (χ0) is 24.4. The molecule has 0 amide bonds. The van der Waals surface area contributed by atoms with Gasteiger partial charge in [-0.05, 0) is 0 Å². The third kappa shape index (κ3) is 29.6. The molecule has 2 aromatic carbocycles. The Morgan fingerprint density at radius 2 is 0.417 bits per heavy atom. The van der Waals surface area contributed by atoms with Gasteiger partial charge in [0, 0.05) is 0 Å². The zero-order valence-electron chi connectivity index (χ0n) is 22.5. The van der Waals surface area contributed by atoms with E-state index in [1.807, 2.05) is 36.4 Å². The SMILES string of the molecule is C1CCCC1.C1CCCC1.C1CCCC1.C1CCCC1.[NH-]c1ccccc1.[NH-]c1ccccc1.[Yb+3].[Yb+3]. The molecule has 0 saturated heterocycles. The van der Waals surface area contributed by atoms with Gasteiger partial charge in [-0.1, -0.05) is 189 Å². The largest absolute Gasteiger partial charge is 3.00 e. The first-order chi connectivity index (χ1) is 16.8. The predicted octanol–water partition coefficient (Wildman–Crippen LogP) is 12.5. The molecule has 0 atom stereocenters. The van der Waals surface area contributed by atoms with Gasteiger partial charge in [0.05, 0.1) is 0 Å². The van der Waals surface area contributed by atoms with Gasteiger partial charge in [0.15, 0.2) is 0 Å². The van der Waals surface area contributed by atoms with Gasteiger partial charge in [-0.15, -0.1) is 11.4 Å². The Labute approximate surface area is 301 Å². The van der Waals surface area contributed by atoms with Crippen LogP contribution in [0, 0.1) is 93.8 Å². The molecule has 0 heterocycles. The van der Waals surface area contributed by atoms with Gasteiger partial charge in [-0.3, -0.25) is 0 Å². The summed E-state index contributed by atoms with van der Waals surface area (Å²) in [7, 11) is 0. The third-order valence-corrected chi connectivity index (χ3v) is 6.55. The first kappa shape index (κ1) is 39.2. The minimum atomic E-state index is 0. The van der Waals surface area contributed by atoms with Gasteiger partial charge in [-0.25, -0.2) is 0 Å². The summed E-state index contributed by atoms with van der Waals surface area (Å²) >= 11 is 0. The summed E-state index contributed by atoms with van der Waals surface area (Å²) in [6, 6.07) is 18.2. The van der Waals surface area contributed by atoms with Gasteiger partial charge in [0.25, 0.3) is 0 Å². The fourth-order valence-corrected chi connectivity index (χ4v) is 4.41. The minimum absolute atomic E-state index is 0. The maximum Gasteiger partial charge on any atom is 3.00 e. The molecule has 0 unspecified atom stereocenters. The van der Waals surface area contributed by atoms with Crippen LogP contribution in [-0.4, -0.2) is 0 Å². The smallest absolute Gasteiger partial charge is 0.699 e. The summed E-state index contributed by atoms with van der Waals surface area (Å²) in [5.41, 5.74) is 15.1. The molecule has 0 aliphatic heterocycles. The number of nitrogens with one attached hydrogen (secondary N) is 2. The first-order valence-electron chi connectivity index (χ1n) is 14.3. The van der Waals surface area contributed by atoms with Crippen molar-refractivity contribution in [1.29, 1.82) is 0 Å². The van der Waals surface area contributed by atoms with Gasteiger partial charge in [0.1, 0.15) is 0 Å². The number of benzene rings is 2. The number of rotatable bonds is 0. The van der Waals surface area contributed by atoms with Crippen molar-refractivity contribution in [3.05, 3.63) is 72.1 Å². The Balaban J connectivity index is 0. The summed E-state index contributed by atoms with van der Waals surface area (Å²) in [6.45, 7) is 0. The van der Waals surface area contributed by atoms with Crippen molar-refractivity contribution >= 4 is 11.4 Å². The van der Waals surface area contributed by atoms with E-state index < -0.39 is 0 Å². The summed E-state index contributed by atoms with van der Waals surface area (Å²) < 4.78 is 0. The van der Waals surface area contributed by atoms with Crippen LogP contribution in [0.1, 0.15) is 128 Å². The van der Waals surface area contributed by atoms with Crippen LogP contribution in [0.15, 0.2) is 60.7 Å². The van der Waals surface area contributed by atoms with Crippen LogP contribution in [0.4, 0.5) is 11.4 Å². The molecule has 4 heteroatoms. The third-order valence-electron chi connectivity index (χ3n) is 6.55. The van der Waals surface area contributed by atoms with Crippen molar-refractivity contribution in [2.45, 2.75) is 128 Å². The van der Waals surface area contributed by atoms with Gasteiger partial charge in [-0.2, -0.15) is 0 Å². The first-order valence-corrected chi connectivity index (χ1v) is 14.3. The van der Waals surface area contributed by atoms with Crippen molar-refractivity contribution < 1.29 is 93.8 Å². The Hall–Kier alpha value is 1.08. The van der Waals surface area contributed by atoms with Crippen LogP contribution in [0.5, 0.6) is 0 Å². The number of hydrogen-bond acceptors (Lipinski definition) is 0. The van der Waals surface area contributed by atoms with Crippen LogP contribution in [0.3, 0.4) is 0 Å². The van der Waals surface area contributed by atoms with E-state index in [9.17, 15) is 0 Å². The van der Waals surface area contributed by atoms with Crippen LogP contribution in [-0.2, 0) is 0 Å².